The van der Waals surface area contributed by atoms with Crippen LogP contribution in [0.5, 0.6) is 0 Å². The Bertz CT molecular complexity index is 3300. The van der Waals surface area contributed by atoms with Crippen LogP contribution in [-0.4, -0.2) is 0 Å². The van der Waals surface area contributed by atoms with E-state index in [2.05, 4.69) is 101 Å². The van der Waals surface area contributed by atoms with E-state index in [0.717, 1.165) is 41.7 Å². The molecule has 0 N–H and O–H groups in total. The molecule has 2 nitrogen and oxygen atoms in total. The number of hydrogen-bond donors (Lipinski definition) is 0. The third-order valence-corrected chi connectivity index (χ3v) is 15.7. The summed E-state index contributed by atoms with van der Waals surface area (Å²) in [5.74, 6) is 0. The second kappa shape index (κ2) is 12.1. The van der Waals surface area contributed by atoms with E-state index in [1.165, 1.54) is 98.1 Å². The van der Waals surface area contributed by atoms with Gasteiger partial charge in [0.15, 0.2) is 10.9 Å². The topological polar surface area (TPSA) is 34.1 Å². The molecule has 0 saturated heterocycles. The lowest BCUT2D eigenvalue weighted by Crippen LogP contribution is -2.16. The molecule has 0 atom stereocenters. The summed E-state index contributed by atoms with van der Waals surface area (Å²) in [5, 5.41) is 16.0. The van der Waals surface area contributed by atoms with E-state index in [9.17, 15) is 9.59 Å². The quantitative estimate of drug-likeness (QED) is 0.175. The molecule has 0 saturated carbocycles. The highest BCUT2D eigenvalue weighted by atomic mass is 32.1. The Labute approximate surface area is 339 Å². The summed E-state index contributed by atoms with van der Waals surface area (Å²) in [4.78, 5) is 27.6. The second-order valence-electron chi connectivity index (χ2n) is 15.5. The molecule has 4 aromatic heterocycles. The highest BCUT2D eigenvalue weighted by molar-refractivity contribution is 7.19. The lowest BCUT2D eigenvalue weighted by atomic mass is 9.90. The lowest BCUT2D eigenvalue weighted by molar-refractivity contribution is 1.28. The van der Waals surface area contributed by atoms with Crippen molar-refractivity contribution in [1.82, 2.24) is 0 Å². The van der Waals surface area contributed by atoms with Gasteiger partial charge in [0, 0.05) is 73.7 Å². The molecular weight excluding hydrogens is 761 g/mol. The molecule has 0 bridgehead atoms. The van der Waals surface area contributed by atoms with Crippen LogP contribution in [0.3, 0.4) is 0 Å². The van der Waals surface area contributed by atoms with Crippen molar-refractivity contribution in [3.8, 4) is 20.9 Å². The van der Waals surface area contributed by atoms with E-state index in [1.54, 1.807) is 22.7 Å². The van der Waals surface area contributed by atoms with Crippen LogP contribution in [0.4, 0.5) is 0 Å². The maximum absolute atomic E-state index is 12.4. The minimum atomic E-state index is 0.0801. The van der Waals surface area contributed by atoms with Crippen LogP contribution in [0.25, 0.3) is 73.7 Å². The Morgan fingerprint density at radius 2 is 0.750 bits per heavy atom. The zero-order valence-corrected chi connectivity index (χ0v) is 35.0. The SMILES string of the molecule is Cc1cc(C)c(C2=c3cc4c(cc3-c3sccc32)=C(c2c(C)cc(C)cc2C)c2ccsc2-4)c(C)c1.O=c1c2cc3c(cc2c2sccc12)c(=O)c1ccsc13. The highest BCUT2D eigenvalue weighted by Gasteiger charge is 2.30. The van der Waals surface area contributed by atoms with Gasteiger partial charge in [0.2, 0.25) is 0 Å². The normalized spacial score (nSPS) is 12.9. The molecule has 0 radical (unpaired) electrons. The van der Waals surface area contributed by atoms with Gasteiger partial charge in [-0.25, -0.2) is 0 Å². The fourth-order valence-electron chi connectivity index (χ4n) is 9.83. The first-order valence-corrected chi connectivity index (χ1v) is 22.3. The first-order chi connectivity index (χ1) is 27.1. The van der Waals surface area contributed by atoms with Crippen LogP contribution in [0.15, 0.2) is 104 Å². The van der Waals surface area contributed by atoms with E-state index in [0.29, 0.717) is 0 Å². The van der Waals surface area contributed by atoms with Gasteiger partial charge in [0.25, 0.3) is 0 Å². The smallest absolute Gasteiger partial charge is 0.195 e. The molecule has 0 aliphatic heterocycles. The maximum Gasteiger partial charge on any atom is 0.195 e. The van der Waals surface area contributed by atoms with Gasteiger partial charge in [-0.3, -0.25) is 9.59 Å². The third kappa shape index (κ3) is 4.64. The van der Waals surface area contributed by atoms with Gasteiger partial charge < -0.3 is 0 Å². The summed E-state index contributed by atoms with van der Waals surface area (Å²) in [6.45, 7) is 13.5. The summed E-state index contributed by atoms with van der Waals surface area (Å²) >= 11 is 6.88. The Kier molecular flexibility index (Phi) is 7.37. The molecule has 6 aromatic carbocycles. The lowest BCUT2D eigenvalue weighted by Gasteiger charge is -2.14. The Balaban J connectivity index is 0.000000152. The number of aryl methyl sites for hydroxylation is 6. The largest absolute Gasteiger partial charge is 0.289 e. The van der Waals surface area contributed by atoms with E-state index in [4.69, 9.17) is 0 Å². The predicted octanol–water partition coefficient (Wildman–Crippen LogP) is 12.1. The van der Waals surface area contributed by atoms with Gasteiger partial charge in [0.1, 0.15) is 0 Å². The van der Waals surface area contributed by atoms with E-state index in [-0.39, 0.29) is 10.9 Å². The van der Waals surface area contributed by atoms with Gasteiger partial charge in [-0.15, -0.1) is 45.3 Å². The van der Waals surface area contributed by atoms with Gasteiger partial charge >= 0.3 is 0 Å². The molecule has 0 unspecified atom stereocenters. The standard InChI is InChI=1S/C34H28S2.C16H6O2S2/c1-17-11-19(3)29(20(4)12-17)31-23-7-9-35-33(23)27-16-26-28(15-25(27)31)34-24(8-10-36-34)32(26)30-21(5)13-18(2)14-22(30)6;17-13-7-1-3-19-15(7)11-6-10-12(5-9(11)13)16-8(14(10)18)2-4-20-16/h7-16H,1-6H3;1-6H. The molecule has 0 spiro atoms. The zero-order valence-electron chi connectivity index (χ0n) is 31.7. The van der Waals surface area contributed by atoms with Gasteiger partial charge in [-0.05, 0) is 167 Å². The number of fused-ring (bicyclic) bond motifs is 12. The van der Waals surface area contributed by atoms with Crippen molar-refractivity contribution in [2.75, 3.05) is 0 Å². The molecule has 56 heavy (non-hydrogen) atoms. The van der Waals surface area contributed by atoms with E-state index >= 15 is 0 Å². The highest BCUT2D eigenvalue weighted by Crippen LogP contribution is 2.45. The number of thiophene rings is 4. The molecule has 4 heterocycles. The van der Waals surface area contributed by atoms with E-state index in [1.807, 2.05) is 57.7 Å². The van der Waals surface area contributed by atoms with Crippen LogP contribution in [-0.2, 0) is 0 Å². The van der Waals surface area contributed by atoms with E-state index < -0.39 is 0 Å². The molecule has 6 heteroatoms. The van der Waals surface area contributed by atoms with Crippen molar-refractivity contribution in [2.24, 2.45) is 0 Å². The predicted molar refractivity (Wildman–Crippen MR) is 244 cm³/mol. The molecule has 12 rings (SSSR count). The molecule has 0 amide bonds. The number of benzene rings is 4. The van der Waals surface area contributed by atoms with Gasteiger partial charge in [-0.1, -0.05) is 35.4 Å². The molecule has 2 aliphatic rings. The summed E-state index contributed by atoms with van der Waals surface area (Å²) in [5.41, 5.74) is 19.5. The maximum atomic E-state index is 12.4. The Hall–Kier alpha value is -5.24. The minimum absolute atomic E-state index is 0.0801. The fraction of sp³-hybridized carbons (Fsp3) is 0.120. The number of hydrogen-bond acceptors (Lipinski definition) is 6. The summed E-state index contributed by atoms with van der Waals surface area (Å²) < 4.78 is 1.99. The summed E-state index contributed by atoms with van der Waals surface area (Å²) in [7, 11) is 0. The molecule has 0 fully saturated rings. The van der Waals surface area contributed by atoms with Crippen molar-refractivity contribution in [2.45, 2.75) is 41.5 Å². The van der Waals surface area contributed by atoms with Crippen LogP contribution >= 0.6 is 45.3 Å². The monoisotopic (exact) mass is 794 g/mol. The zero-order chi connectivity index (χ0) is 38.3. The average molecular weight is 795 g/mol. The minimum Gasteiger partial charge on any atom is -0.289 e. The van der Waals surface area contributed by atoms with Crippen LogP contribution < -0.4 is 21.3 Å². The van der Waals surface area contributed by atoms with Crippen LogP contribution in [0, 0.1) is 41.5 Å². The third-order valence-electron chi connectivity index (χ3n) is 11.9. The van der Waals surface area contributed by atoms with Crippen molar-refractivity contribution in [3.05, 3.63) is 181 Å². The molecule has 2 aliphatic carbocycles. The Morgan fingerprint density at radius 1 is 0.375 bits per heavy atom. The number of rotatable bonds is 2. The summed E-state index contributed by atoms with van der Waals surface area (Å²) in [6.07, 6.45) is 0. The van der Waals surface area contributed by atoms with Gasteiger partial charge in [0.05, 0.1) is 0 Å². The second-order valence-corrected chi connectivity index (χ2v) is 19.2. The first kappa shape index (κ1) is 34.0. The molecule has 10 aromatic rings. The first-order valence-electron chi connectivity index (χ1n) is 18.8. The van der Waals surface area contributed by atoms with Crippen LogP contribution in [0.2, 0.25) is 0 Å². The average Bonchev–Trinajstić information content (AvgIpc) is 4.01. The van der Waals surface area contributed by atoms with Gasteiger partial charge in [-0.2, -0.15) is 0 Å². The van der Waals surface area contributed by atoms with Crippen molar-refractivity contribution in [1.29, 1.82) is 0 Å². The molecular formula is C50H34O2S4. The Morgan fingerprint density at radius 3 is 1.14 bits per heavy atom. The summed E-state index contributed by atoms with van der Waals surface area (Å²) in [6, 6.07) is 26.5. The van der Waals surface area contributed by atoms with Crippen LogP contribution in [0.1, 0.15) is 55.6 Å². The van der Waals surface area contributed by atoms with Crippen molar-refractivity contribution in [3.63, 3.8) is 0 Å². The molecule has 270 valence electrons. The van der Waals surface area contributed by atoms with Crippen molar-refractivity contribution >= 4 is 98.2 Å². The van der Waals surface area contributed by atoms with Crippen molar-refractivity contribution < 1.29 is 0 Å². The fourth-order valence-corrected chi connectivity index (χ4v) is 13.5.